The first-order chi connectivity index (χ1) is 6.74. The van der Waals surface area contributed by atoms with Crippen LogP contribution in [0.3, 0.4) is 0 Å². The molecule has 1 unspecified atom stereocenters. The van der Waals surface area contributed by atoms with Gasteiger partial charge in [-0.2, -0.15) is 11.8 Å². The maximum Gasteiger partial charge on any atom is 0.0925 e. The fourth-order valence-electron chi connectivity index (χ4n) is 1.35. The number of H-pyrrole nitrogens is 1. The number of aromatic nitrogens is 2. The van der Waals surface area contributed by atoms with Crippen molar-refractivity contribution in [3.05, 3.63) is 17.7 Å². The van der Waals surface area contributed by atoms with E-state index in [0.29, 0.717) is 0 Å². The number of thioether (sulfide) groups is 1. The highest BCUT2D eigenvalue weighted by atomic mass is 32.2. The molecule has 1 aromatic heterocycles. The summed E-state index contributed by atoms with van der Waals surface area (Å²) >= 11 is 1.90. The third kappa shape index (κ3) is 3.72. The fraction of sp³-hybridized carbons (Fsp3) is 0.700. The summed E-state index contributed by atoms with van der Waals surface area (Å²) in [4.78, 5) is 7.31. The minimum Gasteiger partial charge on any atom is -0.348 e. The maximum absolute atomic E-state index is 4.24. The molecule has 2 N–H and O–H groups in total. The number of aryl methyl sites for hydroxylation is 1. The lowest BCUT2D eigenvalue weighted by Crippen LogP contribution is -2.22. The summed E-state index contributed by atoms with van der Waals surface area (Å²) in [5.41, 5.74) is 2.29. The molecule has 4 heteroatoms. The fourth-order valence-corrected chi connectivity index (χ4v) is 2.03. The van der Waals surface area contributed by atoms with Crippen LogP contribution in [0.4, 0.5) is 0 Å². The van der Waals surface area contributed by atoms with E-state index >= 15 is 0 Å². The van der Waals surface area contributed by atoms with Crippen molar-refractivity contribution in [1.29, 1.82) is 0 Å². The minimum absolute atomic E-state index is 0.726. The van der Waals surface area contributed by atoms with Gasteiger partial charge in [-0.25, -0.2) is 4.98 Å². The quantitative estimate of drug-likeness (QED) is 0.757. The van der Waals surface area contributed by atoms with E-state index in [1.807, 2.05) is 11.8 Å². The average Bonchev–Trinajstić information content (AvgIpc) is 2.52. The van der Waals surface area contributed by atoms with Gasteiger partial charge in [-0.3, -0.25) is 0 Å². The smallest absolute Gasteiger partial charge is 0.0925 e. The zero-order valence-corrected chi connectivity index (χ0v) is 9.95. The Hall–Kier alpha value is -0.480. The summed E-state index contributed by atoms with van der Waals surface area (Å²) in [5, 5.41) is 3.42. The molecule has 0 amide bonds. The van der Waals surface area contributed by atoms with Crippen molar-refractivity contribution in [1.82, 2.24) is 15.3 Å². The van der Waals surface area contributed by atoms with Crippen molar-refractivity contribution in [3.8, 4) is 0 Å². The van der Waals surface area contributed by atoms with Crippen molar-refractivity contribution < 1.29 is 0 Å². The van der Waals surface area contributed by atoms with Crippen molar-refractivity contribution in [2.75, 3.05) is 18.6 Å². The third-order valence-electron chi connectivity index (χ3n) is 2.17. The van der Waals surface area contributed by atoms with E-state index in [0.717, 1.165) is 30.4 Å². The monoisotopic (exact) mass is 213 g/mol. The van der Waals surface area contributed by atoms with Crippen LogP contribution in [0.15, 0.2) is 6.33 Å². The van der Waals surface area contributed by atoms with E-state index in [2.05, 4.69) is 35.4 Å². The molecule has 1 rings (SSSR count). The van der Waals surface area contributed by atoms with Crippen LogP contribution in [-0.4, -0.2) is 28.5 Å². The third-order valence-corrected chi connectivity index (χ3v) is 3.07. The molecule has 1 aromatic rings. The molecule has 3 nitrogen and oxygen atoms in total. The Morgan fingerprint density at radius 1 is 1.64 bits per heavy atom. The number of nitrogens with zero attached hydrogens (tertiary/aromatic N) is 1. The highest BCUT2D eigenvalue weighted by Crippen LogP contribution is 2.04. The van der Waals surface area contributed by atoms with Crippen LogP contribution in [0.25, 0.3) is 0 Å². The molecule has 0 aromatic carbocycles. The Morgan fingerprint density at radius 2 is 2.43 bits per heavy atom. The largest absolute Gasteiger partial charge is 0.348 e. The summed E-state index contributed by atoms with van der Waals surface area (Å²) in [7, 11) is 0. The molecule has 0 fully saturated rings. The highest BCUT2D eigenvalue weighted by molar-refractivity contribution is 7.98. The van der Waals surface area contributed by atoms with Crippen molar-refractivity contribution in [2.24, 2.45) is 5.92 Å². The van der Waals surface area contributed by atoms with E-state index in [1.165, 1.54) is 5.75 Å². The molecule has 0 spiro atoms. The van der Waals surface area contributed by atoms with Crippen LogP contribution in [-0.2, 0) is 6.54 Å². The predicted octanol–water partition coefficient (Wildman–Crippen LogP) is 1.81. The second kappa shape index (κ2) is 6.09. The first kappa shape index (κ1) is 11.6. The van der Waals surface area contributed by atoms with Crippen molar-refractivity contribution in [3.63, 3.8) is 0 Å². The molecule has 14 heavy (non-hydrogen) atoms. The molecular formula is C10H19N3S. The Balaban J connectivity index is 2.19. The Morgan fingerprint density at radius 3 is 3.00 bits per heavy atom. The SMILES string of the molecule is CSCC(C)CNCc1nc[nH]c1C. The van der Waals surface area contributed by atoms with Gasteiger partial charge in [0.2, 0.25) is 0 Å². The van der Waals surface area contributed by atoms with E-state index in [1.54, 1.807) is 6.33 Å². The van der Waals surface area contributed by atoms with Crippen molar-refractivity contribution in [2.45, 2.75) is 20.4 Å². The Labute approximate surface area is 90.1 Å². The topological polar surface area (TPSA) is 40.7 Å². The van der Waals surface area contributed by atoms with Crippen LogP contribution in [0.5, 0.6) is 0 Å². The molecule has 1 heterocycles. The normalized spacial score (nSPS) is 13.1. The maximum atomic E-state index is 4.24. The molecule has 0 saturated carbocycles. The van der Waals surface area contributed by atoms with Crippen LogP contribution in [0.1, 0.15) is 18.3 Å². The standard InChI is InChI=1S/C10H19N3S/c1-8(6-14-3)4-11-5-10-9(2)12-7-13-10/h7-8,11H,4-6H2,1-3H3,(H,12,13). The number of imidazole rings is 1. The molecule has 0 aliphatic heterocycles. The first-order valence-corrected chi connectivity index (χ1v) is 6.32. The van der Waals surface area contributed by atoms with E-state index in [4.69, 9.17) is 0 Å². The molecule has 0 saturated heterocycles. The van der Waals surface area contributed by atoms with E-state index in [-0.39, 0.29) is 0 Å². The summed E-state index contributed by atoms with van der Waals surface area (Å²) < 4.78 is 0. The Kier molecular flexibility index (Phi) is 5.04. The van der Waals surface area contributed by atoms with Gasteiger partial charge in [-0.05, 0) is 31.4 Å². The molecule has 0 radical (unpaired) electrons. The lowest BCUT2D eigenvalue weighted by molar-refractivity contribution is 0.555. The Bertz CT molecular complexity index is 260. The zero-order valence-electron chi connectivity index (χ0n) is 9.13. The molecule has 1 atom stereocenters. The zero-order chi connectivity index (χ0) is 10.4. The molecular weight excluding hydrogens is 194 g/mol. The molecule has 0 aliphatic carbocycles. The van der Waals surface area contributed by atoms with E-state index in [9.17, 15) is 0 Å². The van der Waals surface area contributed by atoms with Gasteiger partial charge in [0.25, 0.3) is 0 Å². The lowest BCUT2D eigenvalue weighted by Gasteiger charge is -2.10. The average molecular weight is 213 g/mol. The summed E-state index contributed by atoms with van der Waals surface area (Å²) in [5.74, 6) is 1.94. The van der Waals surface area contributed by atoms with Crippen LogP contribution >= 0.6 is 11.8 Å². The van der Waals surface area contributed by atoms with Gasteiger partial charge in [-0.15, -0.1) is 0 Å². The number of aromatic amines is 1. The number of nitrogens with one attached hydrogen (secondary N) is 2. The van der Waals surface area contributed by atoms with Gasteiger partial charge in [-0.1, -0.05) is 6.92 Å². The van der Waals surface area contributed by atoms with Gasteiger partial charge in [0.05, 0.1) is 12.0 Å². The van der Waals surface area contributed by atoms with Crippen LogP contribution in [0.2, 0.25) is 0 Å². The van der Waals surface area contributed by atoms with Crippen LogP contribution in [0, 0.1) is 12.8 Å². The number of hydrogen-bond acceptors (Lipinski definition) is 3. The highest BCUT2D eigenvalue weighted by Gasteiger charge is 2.02. The number of hydrogen-bond donors (Lipinski definition) is 2. The first-order valence-electron chi connectivity index (χ1n) is 4.92. The van der Waals surface area contributed by atoms with Gasteiger partial charge >= 0.3 is 0 Å². The van der Waals surface area contributed by atoms with Crippen LogP contribution < -0.4 is 5.32 Å². The molecule has 0 bridgehead atoms. The number of rotatable bonds is 6. The van der Waals surface area contributed by atoms with Gasteiger partial charge < -0.3 is 10.3 Å². The lowest BCUT2D eigenvalue weighted by atomic mass is 10.2. The molecule has 80 valence electrons. The van der Waals surface area contributed by atoms with E-state index < -0.39 is 0 Å². The van der Waals surface area contributed by atoms with Gasteiger partial charge in [0, 0.05) is 12.2 Å². The second-order valence-electron chi connectivity index (χ2n) is 3.67. The minimum atomic E-state index is 0.726. The van der Waals surface area contributed by atoms with Gasteiger partial charge in [0.1, 0.15) is 0 Å². The van der Waals surface area contributed by atoms with Crippen molar-refractivity contribution >= 4 is 11.8 Å². The summed E-state index contributed by atoms with van der Waals surface area (Å²) in [6, 6.07) is 0. The van der Waals surface area contributed by atoms with Gasteiger partial charge in [0.15, 0.2) is 0 Å². The molecule has 0 aliphatic rings. The second-order valence-corrected chi connectivity index (χ2v) is 4.58. The summed E-state index contributed by atoms with van der Waals surface area (Å²) in [6.45, 7) is 6.25. The predicted molar refractivity (Wildman–Crippen MR) is 62.6 cm³/mol. The summed E-state index contributed by atoms with van der Waals surface area (Å²) in [6.07, 6.45) is 3.89.